The molecule has 20 heteroatoms. The molecule has 2 saturated carbocycles. The SMILES string of the molecule is O=C(NCc1cc(C2CC3CC2OC2C4CCc5c(C(=O)NCc6ccc(F)cc6F)c(=O)c(O)c(n54)C(=O)N32)cc(Cl)c1F)c1c2n3c(c(O)c1=O)C(=O)N1C4CCC(C4)OC1C3CC2. The van der Waals surface area contributed by atoms with E-state index in [0.717, 1.165) is 25.0 Å². The number of ether oxygens (including phenoxy) is 2. The van der Waals surface area contributed by atoms with E-state index >= 15 is 4.39 Å². The van der Waals surface area contributed by atoms with Crippen molar-refractivity contribution in [2.75, 3.05) is 0 Å². The van der Waals surface area contributed by atoms with Crippen LogP contribution in [-0.2, 0) is 35.4 Å². The molecule has 4 aromatic rings. The predicted molar refractivity (Wildman–Crippen MR) is 223 cm³/mol. The number of nitrogens with one attached hydrogen (secondary N) is 2. The Bertz CT molecular complexity index is 3030. The summed E-state index contributed by atoms with van der Waals surface area (Å²) in [6.07, 6.45) is 2.27. The fraction of sp³-hybridized carbons (Fsp3) is 0.435. The molecule has 6 aliphatic heterocycles. The Morgan fingerprint density at radius 1 is 0.712 bits per heavy atom. The van der Waals surface area contributed by atoms with Gasteiger partial charge in [0.05, 0.1) is 29.3 Å². The fourth-order valence-electron chi connectivity index (χ4n) is 12.4. The van der Waals surface area contributed by atoms with Gasteiger partial charge in [0.15, 0.2) is 35.3 Å². The van der Waals surface area contributed by atoms with Gasteiger partial charge in [0.25, 0.3) is 23.6 Å². The molecule has 9 unspecified atom stereocenters. The summed E-state index contributed by atoms with van der Waals surface area (Å²) in [6, 6.07) is 4.36. The summed E-state index contributed by atoms with van der Waals surface area (Å²) in [5, 5.41) is 27.3. The van der Waals surface area contributed by atoms with E-state index in [1.165, 1.54) is 15.5 Å². The Hall–Kier alpha value is -6.18. The number of pyridine rings is 2. The van der Waals surface area contributed by atoms with Gasteiger partial charge in [0, 0.05) is 59.7 Å². The number of hydrogen-bond donors (Lipinski definition) is 4. The van der Waals surface area contributed by atoms with E-state index in [0.29, 0.717) is 49.4 Å². The lowest BCUT2D eigenvalue weighted by Crippen LogP contribution is -2.58. The molecule has 4 fully saturated rings. The highest BCUT2D eigenvalue weighted by Crippen LogP contribution is 2.52. The van der Waals surface area contributed by atoms with Crippen LogP contribution in [0.25, 0.3) is 0 Å². The maximum absolute atomic E-state index is 15.8. The van der Waals surface area contributed by atoms with Crippen molar-refractivity contribution in [3.8, 4) is 11.5 Å². The number of aromatic hydroxyl groups is 2. The van der Waals surface area contributed by atoms with Crippen molar-refractivity contribution in [1.29, 1.82) is 0 Å². The molecule has 0 spiro atoms. The largest absolute Gasteiger partial charge is 0.503 e. The quantitative estimate of drug-likeness (QED) is 0.208. The van der Waals surface area contributed by atoms with Crippen LogP contribution in [0, 0.1) is 17.5 Å². The predicted octanol–water partition coefficient (Wildman–Crippen LogP) is 4.19. The Balaban J connectivity index is 0.796. The molecule has 9 atom stereocenters. The lowest BCUT2D eigenvalue weighted by Gasteiger charge is -2.47. The molecule has 0 radical (unpaired) electrons. The Morgan fingerprint density at radius 3 is 1.92 bits per heavy atom. The molecule has 2 aliphatic carbocycles. The van der Waals surface area contributed by atoms with Crippen molar-refractivity contribution in [2.24, 2.45) is 0 Å². The number of hydrogen-bond acceptors (Lipinski definition) is 10. The van der Waals surface area contributed by atoms with Gasteiger partial charge in [-0.2, -0.15) is 0 Å². The third-order valence-electron chi connectivity index (χ3n) is 15.2. The highest BCUT2D eigenvalue weighted by Gasteiger charge is 2.57. The summed E-state index contributed by atoms with van der Waals surface area (Å²) in [5.74, 6) is -7.61. The van der Waals surface area contributed by atoms with Crippen LogP contribution in [0.3, 0.4) is 0 Å². The second-order valence-corrected chi connectivity index (χ2v) is 19.0. The van der Waals surface area contributed by atoms with E-state index in [-0.39, 0.29) is 70.3 Å². The zero-order valence-corrected chi connectivity index (χ0v) is 35.6. The number of carbonyl (C=O) groups excluding carboxylic acids is 4. The van der Waals surface area contributed by atoms with Gasteiger partial charge in [0.1, 0.15) is 28.6 Å². The number of rotatable bonds is 7. The fourth-order valence-corrected chi connectivity index (χ4v) is 12.7. The Labute approximate surface area is 376 Å². The molecule has 342 valence electrons. The van der Waals surface area contributed by atoms with Crippen LogP contribution >= 0.6 is 11.6 Å². The van der Waals surface area contributed by atoms with Gasteiger partial charge in [-0.25, -0.2) is 13.2 Å². The molecule has 4 N–H and O–H groups in total. The monoisotopic (exact) mass is 928 g/mol. The van der Waals surface area contributed by atoms with Crippen LogP contribution < -0.4 is 21.5 Å². The maximum atomic E-state index is 15.8. The normalized spacial score (nSPS) is 28.3. The molecule has 8 aliphatic rings. The third-order valence-corrected chi connectivity index (χ3v) is 15.5. The van der Waals surface area contributed by atoms with E-state index in [4.69, 9.17) is 21.1 Å². The van der Waals surface area contributed by atoms with Crippen molar-refractivity contribution in [3.05, 3.63) is 124 Å². The summed E-state index contributed by atoms with van der Waals surface area (Å²) >= 11 is 6.49. The average molecular weight is 929 g/mol. The Morgan fingerprint density at radius 2 is 1.30 bits per heavy atom. The highest BCUT2D eigenvalue weighted by molar-refractivity contribution is 6.30. The molecule has 4 bridgehead atoms. The minimum Gasteiger partial charge on any atom is -0.503 e. The number of nitrogens with zero attached hydrogens (tertiary/aromatic N) is 4. The summed E-state index contributed by atoms with van der Waals surface area (Å²) in [5.41, 5.74) is -2.17. The van der Waals surface area contributed by atoms with Crippen molar-refractivity contribution in [3.63, 3.8) is 0 Å². The Kier molecular flexibility index (Phi) is 9.17. The van der Waals surface area contributed by atoms with Gasteiger partial charge in [-0.15, -0.1) is 0 Å². The van der Waals surface area contributed by atoms with Gasteiger partial charge in [-0.3, -0.25) is 28.8 Å². The van der Waals surface area contributed by atoms with Crippen molar-refractivity contribution >= 4 is 35.2 Å². The molecule has 12 rings (SSSR count). The molecule has 66 heavy (non-hydrogen) atoms. The number of carbonyl (C=O) groups is 4. The third kappa shape index (κ3) is 5.77. The van der Waals surface area contributed by atoms with Crippen LogP contribution in [0.5, 0.6) is 11.5 Å². The molecule has 4 amide bonds. The van der Waals surface area contributed by atoms with Crippen molar-refractivity contribution in [2.45, 2.75) is 126 Å². The molecule has 16 nitrogen and oxygen atoms in total. The van der Waals surface area contributed by atoms with Gasteiger partial charge in [0.2, 0.25) is 10.9 Å². The molecule has 2 saturated heterocycles. The summed E-state index contributed by atoms with van der Waals surface area (Å²) < 4.78 is 59.7. The first-order valence-electron chi connectivity index (χ1n) is 22.1. The molecule has 8 heterocycles. The number of aromatic nitrogens is 2. The van der Waals surface area contributed by atoms with E-state index in [9.17, 15) is 47.8 Å². The first-order chi connectivity index (χ1) is 31.7. The highest BCUT2D eigenvalue weighted by atomic mass is 35.5. The number of fused-ring (bicyclic) bond motifs is 10. The molecular formula is C46H40ClF3N6O10. The van der Waals surface area contributed by atoms with Gasteiger partial charge >= 0.3 is 0 Å². The van der Waals surface area contributed by atoms with Crippen molar-refractivity contribution < 1.29 is 52.0 Å². The minimum atomic E-state index is -1.06. The summed E-state index contributed by atoms with van der Waals surface area (Å²) in [4.78, 5) is 86.0. The standard InChI is InChI=1S/C46H40ClF3N6O10/c47-25-10-18(9-19(34(25)50)16-52-42(62)33-27-5-7-29-45-53(21-3-4-23(12-21)65-45)43(63)35(55(27)29)39(59)38(33)58)24-13-22-14-31(24)66-46-30-8-6-28-32(37(57)40(60)36(56(28)30)44(64)54(22)46)41(61)51-15-17-1-2-20(48)11-26(17)49/h1-2,9-11,21-24,29-31,45-46,59-60H,3-8,12-16H2,(H,51,61)(H,52,62). The van der Waals surface area contributed by atoms with E-state index in [2.05, 4.69) is 10.6 Å². The molecular weight excluding hydrogens is 889 g/mol. The summed E-state index contributed by atoms with van der Waals surface area (Å²) in [7, 11) is 0. The van der Waals surface area contributed by atoms with E-state index in [1.807, 2.05) is 0 Å². The average Bonchev–Trinajstić information content (AvgIpc) is 4.09. The lowest BCUT2D eigenvalue weighted by atomic mass is 9.93. The second kappa shape index (κ2) is 14.7. The summed E-state index contributed by atoms with van der Waals surface area (Å²) in [6.45, 7) is -0.775. The smallest absolute Gasteiger partial charge is 0.276 e. The molecule has 2 aromatic heterocycles. The maximum Gasteiger partial charge on any atom is 0.276 e. The van der Waals surface area contributed by atoms with E-state index < -0.39 is 118 Å². The minimum absolute atomic E-state index is 0.00107. The topological polar surface area (TPSA) is 202 Å². The lowest BCUT2D eigenvalue weighted by molar-refractivity contribution is -0.149. The first-order valence-corrected chi connectivity index (χ1v) is 22.5. The van der Waals surface area contributed by atoms with Crippen LogP contribution in [0.4, 0.5) is 13.2 Å². The van der Waals surface area contributed by atoms with Gasteiger partial charge in [-0.1, -0.05) is 23.7 Å². The van der Waals surface area contributed by atoms with Crippen LogP contribution in [0.1, 0.15) is 133 Å². The van der Waals surface area contributed by atoms with Crippen LogP contribution in [0.15, 0.2) is 39.9 Å². The molecule has 2 aromatic carbocycles. The van der Waals surface area contributed by atoms with Gasteiger partial charge in [-0.05, 0) is 75.5 Å². The number of amides is 4. The van der Waals surface area contributed by atoms with Crippen LogP contribution in [0.2, 0.25) is 5.02 Å². The first kappa shape index (κ1) is 41.3. The zero-order chi connectivity index (χ0) is 45.8. The second-order valence-electron chi connectivity index (χ2n) is 18.6. The van der Waals surface area contributed by atoms with Gasteiger partial charge < -0.3 is 49.3 Å². The number of benzene rings is 2. The van der Waals surface area contributed by atoms with Crippen LogP contribution in [-0.4, -0.2) is 89.5 Å². The zero-order valence-electron chi connectivity index (χ0n) is 34.8. The van der Waals surface area contributed by atoms with E-state index in [1.54, 1.807) is 15.5 Å². The van der Waals surface area contributed by atoms with Crippen molar-refractivity contribution in [1.82, 2.24) is 29.6 Å². The number of halogens is 4.